The highest BCUT2D eigenvalue weighted by atomic mass is 19.1. The molecule has 0 radical (unpaired) electrons. The van der Waals surface area contributed by atoms with Gasteiger partial charge in [-0.2, -0.15) is 0 Å². The van der Waals surface area contributed by atoms with Gasteiger partial charge in [0.1, 0.15) is 0 Å². The third-order valence-electron chi connectivity index (χ3n) is 3.64. The number of likely N-dealkylation sites (N-methyl/N-ethyl adjacent to an activating group) is 1. The number of rotatable bonds is 4. The van der Waals surface area contributed by atoms with E-state index in [-0.39, 0.29) is 18.3 Å². The molecule has 1 aliphatic heterocycles. The lowest BCUT2D eigenvalue weighted by Crippen LogP contribution is -2.21. The minimum absolute atomic E-state index is 0.0198. The van der Waals surface area contributed by atoms with Crippen molar-refractivity contribution in [3.05, 3.63) is 53.8 Å². The molecule has 6 heteroatoms. The van der Waals surface area contributed by atoms with Crippen LogP contribution in [0.15, 0.2) is 42.5 Å². The summed E-state index contributed by atoms with van der Waals surface area (Å²) in [5, 5.41) is 2.67. The Balaban J connectivity index is 1.62. The lowest BCUT2D eigenvalue weighted by molar-refractivity contribution is -0.118. The molecule has 0 fully saturated rings. The smallest absolute Gasteiger partial charge is 0.262 e. The lowest BCUT2D eigenvalue weighted by atomic mass is 10.1. The predicted molar refractivity (Wildman–Crippen MR) is 84.1 cm³/mol. The number of benzene rings is 2. The van der Waals surface area contributed by atoms with Gasteiger partial charge in [-0.25, -0.2) is 4.39 Å². The van der Waals surface area contributed by atoms with Crippen LogP contribution in [0.25, 0.3) is 0 Å². The third kappa shape index (κ3) is 3.15. The third-order valence-corrected chi connectivity index (χ3v) is 3.64. The van der Waals surface area contributed by atoms with Crippen molar-refractivity contribution in [3.63, 3.8) is 0 Å². The van der Waals surface area contributed by atoms with Gasteiger partial charge < -0.3 is 15.0 Å². The largest absolute Gasteiger partial charge is 0.481 e. The summed E-state index contributed by atoms with van der Waals surface area (Å²) >= 11 is 0. The first kappa shape index (κ1) is 15.0. The Morgan fingerprint density at radius 3 is 2.87 bits per heavy atom. The van der Waals surface area contributed by atoms with Crippen LogP contribution in [0.5, 0.6) is 5.75 Å². The van der Waals surface area contributed by atoms with Gasteiger partial charge in [-0.15, -0.1) is 0 Å². The summed E-state index contributed by atoms with van der Waals surface area (Å²) in [6.45, 7) is -0.295. The molecule has 2 aromatic rings. The normalized spacial score (nSPS) is 13.0. The number of ether oxygens (including phenoxy) is 1. The average Bonchev–Trinajstić information content (AvgIpc) is 2.81. The number of hydrogen-bond donors (Lipinski definition) is 1. The molecule has 118 valence electrons. The van der Waals surface area contributed by atoms with Gasteiger partial charge in [-0.1, -0.05) is 12.1 Å². The van der Waals surface area contributed by atoms with Gasteiger partial charge in [0.05, 0.1) is 6.42 Å². The van der Waals surface area contributed by atoms with Gasteiger partial charge >= 0.3 is 0 Å². The molecule has 5 nitrogen and oxygen atoms in total. The fourth-order valence-electron chi connectivity index (χ4n) is 2.45. The zero-order valence-corrected chi connectivity index (χ0v) is 12.5. The minimum atomic E-state index is -0.514. The summed E-state index contributed by atoms with van der Waals surface area (Å²) in [6, 6.07) is 11.2. The van der Waals surface area contributed by atoms with Crippen LogP contribution < -0.4 is 15.0 Å². The van der Waals surface area contributed by atoms with Crippen LogP contribution in [0.4, 0.5) is 15.8 Å². The quantitative estimate of drug-likeness (QED) is 0.942. The number of hydrogen-bond acceptors (Lipinski definition) is 3. The van der Waals surface area contributed by atoms with Gasteiger partial charge in [0.25, 0.3) is 5.91 Å². The number of nitrogens with zero attached hydrogens (tertiary/aromatic N) is 1. The van der Waals surface area contributed by atoms with E-state index in [0.717, 1.165) is 11.3 Å². The second-order valence-corrected chi connectivity index (χ2v) is 5.24. The molecule has 0 aliphatic carbocycles. The van der Waals surface area contributed by atoms with E-state index in [1.165, 1.54) is 12.1 Å². The van der Waals surface area contributed by atoms with E-state index < -0.39 is 11.7 Å². The molecule has 1 aliphatic rings. The van der Waals surface area contributed by atoms with E-state index in [1.807, 2.05) is 0 Å². The van der Waals surface area contributed by atoms with Crippen molar-refractivity contribution in [1.82, 2.24) is 0 Å². The Bertz CT molecular complexity index is 776. The van der Waals surface area contributed by atoms with Gasteiger partial charge in [-0.3, -0.25) is 9.59 Å². The molecular weight excluding hydrogens is 299 g/mol. The highest BCUT2D eigenvalue weighted by molar-refractivity contribution is 6.02. The summed E-state index contributed by atoms with van der Waals surface area (Å²) in [4.78, 5) is 25.1. The molecule has 0 saturated carbocycles. The fraction of sp³-hybridized carbons (Fsp3) is 0.176. The Morgan fingerprint density at radius 2 is 2.09 bits per heavy atom. The maximum atomic E-state index is 13.4. The van der Waals surface area contributed by atoms with E-state index in [4.69, 9.17) is 4.74 Å². The second kappa shape index (κ2) is 6.08. The maximum Gasteiger partial charge on any atom is 0.262 e. The van der Waals surface area contributed by atoms with Crippen molar-refractivity contribution in [2.45, 2.75) is 6.42 Å². The van der Waals surface area contributed by atoms with Crippen LogP contribution in [0.1, 0.15) is 5.56 Å². The summed E-state index contributed by atoms with van der Waals surface area (Å²) in [5.41, 5.74) is 2.29. The Labute approximate surface area is 132 Å². The molecule has 1 N–H and O–H groups in total. The van der Waals surface area contributed by atoms with Gasteiger partial charge in [0.2, 0.25) is 5.91 Å². The van der Waals surface area contributed by atoms with Crippen LogP contribution in [0.3, 0.4) is 0 Å². The van der Waals surface area contributed by atoms with E-state index in [9.17, 15) is 14.0 Å². The minimum Gasteiger partial charge on any atom is -0.481 e. The van der Waals surface area contributed by atoms with Gasteiger partial charge in [-0.05, 0) is 35.9 Å². The number of nitrogens with one attached hydrogen (secondary N) is 1. The Kier molecular flexibility index (Phi) is 3.97. The summed E-state index contributed by atoms with van der Waals surface area (Å²) in [6.07, 6.45) is 0.321. The van der Waals surface area contributed by atoms with Crippen molar-refractivity contribution in [2.75, 3.05) is 23.9 Å². The van der Waals surface area contributed by atoms with Crippen molar-refractivity contribution >= 4 is 23.2 Å². The first-order valence-corrected chi connectivity index (χ1v) is 7.11. The second-order valence-electron chi connectivity index (χ2n) is 5.24. The highest BCUT2D eigenvalue weighted by Gasteiger charge is 2.24. The number of amides is 2. The monoisotopic (exact) mass is 314 g/mol. The SMILES string of the molecule is CN1C(=O)Cc2cc(NC(=O)COc3ccccc3F)ccc21. The molecule has 23 heavy (non-hydrogen) atoms. The first-order valence-electron chi connectivity index (χ1n) is 7.11. The summed E-state index contributed by atoms with van der Waals surface area (Å²) in [5.74, 6) is -0.861. The van der Waals surface area contributed by atoms with E-state index in [1.54, 1.807) is 42.3 Å². The molecule has 0 spiro atoms. The van der Waals surface area contributed by atoms with Crippen LogP contribution in [0, 0.1) is 5.82 Å². The summed E-state index contributed by atoms with van der Waals surface area (Å²) in [7, 11) is 1.72. The number of carbonyl (C=O) groups excluding carboxylic acids is 2. The van der Waals surface area contributed by atoms with Crippen LogP contribution >= 0.6 is 0 Å². The van der Waals surface area contributed by atoms with Crippen LogP contribution in [-0.4, -0.2) is 25.5 Å². The average molecular weight is 314 g/mol. The standard InChI is InChI=1S/C17H15FN2O3/c1-20-14-7-6-12(8-11(14)9-17(20)22)19-16(21)10-23-15-5-3-2-4-13(15)18/h2-8H,9-10H2,1H3,(H,19,21). The molecule has 2 amide bonds. The predicted octanol–water partition coefficient (Wildman–Crippen LogP) is 2.36. The zero-order valence-electron chi connectivity index (χ0n) is 12.5. The zero-order chi connectivity index (χ0) is 16.4. The Morgan fingerprint density at radius 1 is 1.30 bits per heavy atom. The first-order chi connectivity index (χ1) is 11.0. The van der Waals surface area contributed by atoms with Crippen molar-refractivity contribution in [3.8, 4) is 5.75 Å². The van der Waals surface area contributed by atoms with Crippen molar-refractivity contribution < 1.29 is 18.7 Å². The van der Waals surface area contributed by atoms with E-state index in [2.05, 4.69) is 5.32 Å². The molecular formula is C17H15FN2O3. The molecule has 2 aromatic carbocycles. The molecule has 0 aromatic heterocycles. The van der Waals surface area contributed by atoms with Gasteiger partial charge in [0, 0.05) is 18.4 Å². The molecule has 3 rings (SSSR count). The maximum absolute atomic E-state index is 13.4. The Hall–Kier alpha value is -2.89. The molecule has 0 atom stereocenters. The van der Waals surface area contributed by atoms with E-state index >= 15 is 0 Å². The van der Waals surface area contributed by atoms with E-state index in [0.29, 0.717) is 12.1 Å². The van der Waals surface area contributed by atoms with Crippen LogP contribution in [-0.2, 0) is 16.0 Å². The number of anilines is 2. The lowest BCUT2D eigenvalue weighted by Gasteiger charge is -2.11. The number of halogens is 1. The molecule has 0 bridgehead atoms. The fourth-order valence-corrected chi connectivity index (χ4v) is 2.45. The number of fused-ring (bicyclic) bond motifs is 1. The molecule has 0 unspecified atom stereocenters. The number of para-hydroxylation sites is 1. The van der Waals surface area contributed by atoms with Crippen molar-refractivity contribution in [1.29, 1.82) is 0 Å². The van der Waals surface area contributed by atoms with Gasteiger partial charge in [0.15, 0.2) is 18.2 Å². The molecule has 0 saturated heterocycles. The number of carbonyl (C=O) groups is 2. The van der Waals surface area contributed by atoms with Crippen molar-refractivity contribution in [2.24, 2.45) is 0 Å². The molecule has 1 heterocycles. The van der Waals surface area contributed by atoms with Crippen LogP contribution in [0.2, 0.25) is 0 Å². The highest BCUT2D eigenvalue weighted by Crippen LogP contribution is 2.29. The summed E-state index contributed by atoms with van der Waals surface area (Å²) < 4.78 is 18.5. The topological polar surface area (TPSA) is 58.6 Å².